The van der Waals surface area contributed by atoms with Crippen LogP contribution in [0.25, 0.3) is 0 Å². The maximum Gasteiger partial charge on any atom is 0.327 e. The molecule has 2 N–H and O–H groups in total. The Morgan fingerprint density at radius 1 is 1.15 bits per heavy atom. The molecule has 0 bridgehead atoms. The molecule has 1 aliphatic heterocycles. The van der Waals surface area contributed by atoms with Gasteiger partial charge in [0.25, 0.3) is 5.91 Å². The summed E-state index contributed by atoms with van der Waals surface area (Å²) in [5, 5.41) is 19.5. The van der Waals surface area contributed by atoms with Crippen LogP contribution in [0.3, 0.4) is 0 Å². The Hall–Kier alpha value is -2.28. The third-order valence-electron chi connectivity index (χ3n) is 6.65. The first-order chi connectivity index (χ1) is 16.1. The van der Waals surface area contributed by atoms with E-state index in [9.17, 15) is 23.5 Å². The fourth-order valence-electron chi connectivity index (χ4n) is 4.64. The molecule has 0 spiro atoms. The van der Waals surface area contributed by atoms with Crippen molar-refractivity contribution in [3.63, 3.8) is 0 Å². The van der Waals surface area contributed by atoms with Gasteiger partial charge in [-0.25, -0.2) is 0 Å². The van der Waals surface area contributed by atoms with E-state index in [1.54, 1.807) is 12.2 Å². The molecule has 1 heterocycles. The molecule has 0 aliphatic carbocycles. The normalized spacial score (nSPS) is 19.8. The molecule has 1 aromatic carbocycles. The molecule has 3 atom stereocenters. The van der Waals surface area contributed by atoms with Crippen molar-refractivity contribution in [1.82, 2.24) is 4.90 Å². The highest BCUT2D eigenvalue weighted by Gasteiger charge is 2.52. The summed E-state index contributed by atoms with van der Waals surface area (Å²) in [4.78, 5) is 24.0. The number of carbonyl (C=O) groups is 2. The van der Waals surface area contributed by atoms with Crippen LogP contribution in [0.2, 0.25) is 0 Å². The molecule has 0 radical (unpaired) electrons. The minimum Gasteiger partial charge on any atom is -0.481 e. The molecule has 1 saturated heterocycles. The number of benzene rings is 1. The van der Waals surface area contributed by atoms with Crippen molar-refractivity contribution < 1.29 is 28.6 Å². The average Bonchev–Trinajstić information content (AvgIpc) is 3.00. The third-order valence-corrected chi connectivity index (χ3v) is 6.65. The maximum absolute atomic E-state index is 14.1. The van der Waals surface area contributed by atoms with Crippen molar-refractivity contribution in [2.75, 3.05) is 6.54 Å². The van der Waals surface area contributed by atoms with E-state index in [4.69, 9.17) is 5.11 Å². The number of aliphatic hydroxyl groups excluding tert-OH is 1. The summed E-state index contributed by atoms with van der Waals surface area (Å²) < 4.78 is 28.3. The lowest BCUT2D eigenvalue weighted by Crippen LogP contribution is -2.36. The summed E-state index contributed by atoms with van der Waals surface area (Å²) in [6.07, 6.45) is 7.01. The zero-order valence-corrected chi connectivity index (χ0v) is 20.3. The average molecular weight is 480 g/mol. The molecular weight excluding hydrogens is 440 g/mol. The van der Waals surface area contributed by atoms with Gasteiger partial charge < -0.3 is 15.1 Å². The topological polar surface area (TPSA) is 77.8 Å². The van der Waals surface area contributed by atoms with E-state index < -0.39 is 36.4 Å². The molecule has 1 aromatic rings. The van der Waals surface area contributed by atoms with Crippen LogP contribution in [-0.4, -0.2) is 51.6 Å². The minimum absolute atomic E-state index is 0.000243. The Morgan fingerprint density at radius 2 is 1.82 bits per heavy atom. The monoisotopic (exact) mass is 479 g/mol. The van der Waals surface area contributed by atoms with E-state index >= 15 is 0 Å². The SMILES string of the molecule is CC(C)[C@@H](CCCc1ccccc1)[C@H](O)/C=C/[C@H]1CC(F)(F)C(=O)N1CCCCCCC(=O)O. The predicted molar refractivity (Wildman–Crippen MR) is 129 cm³/mol. The quantitative estimate of drug-likeness (QED) is 0.258. The van der Waals surface area contributed by atoms with Crippen molar-refractivity contribution in [1.29, 1.82) is 0 Å². The van der Waals surface area contributed by atoms with Crippen LogP contribution >= 0.6 is 0 Å². The number of aliphatic hydroxyl groups is 1. The summed E-state index contributed by atoms with van der Waals surface area (Å²) in [5.41, 5.74) is 1.25. The summed E-state index contributed by atoms with van der Waals surface area (Å²) >= 11 is 0. The zero-order valence-electron chi connectivity index (χ0n) is 20.3. The number of alkyl halides is 2. The summed E-state index contributed by atoms with van der Waals surface area (Å²) in [6, 6.07) is 9.42. The van der Waals surface area contributed by atoms with Crippen LogP contribution in [0, 0.1) is 11.8 Å². The van der Waals surface area contributed by atoms with Crippen LogP contribution in [-0.2, 0) is 16.0 Å². The number of hydrogen-bond donors (Lipinski definition) is 2. The summed E-state index contributed by atoms with van der Waals surface area (Å²) in [5.74, 6) is -5.18. The minimum atomic E-state index is -3.39. The van der Waals surface area contributed by atoms with E-state index in [0.717, 1.165) is 19.3 Å². The van der Waals surface area contributed by atoms with Gasteiger partial charge in [-0.05, 0) is 49.5 Å². The van der Waals surface area contributed by atoms with Crippen molar-refractivity contribution >= 4 is 11.9 Å². The van der Waals surface area contributed by atoms with Crippen molar-refractivity contribution in [2.45, 2.75) is 89.7 Å². The number of unbranched alkanes of at least 4 members (excludes halogenated alkanes) is 3. The fraction of sp³-hybridized carbons (Fsp3) is 0.630. The van der Waals surface area contributed by atoms with Crippen molar-refractivity contribution in [3.05, 3.63) is 48.0 Å². The van der Waals surface area contributed by atoms with Crippen LogP contribution in [0.5, 0.6) is 0 Å². The second-order valence-corrected chi connectivity index (χ2v) is 9.69. The smallest absolute Gasteiger partial charge is 0.327 e. The number of carboxylic acid groups (broad SMARTS) is 1. The highest BCUT2D eigenvalue weighted by molar-refractivity contribution is 5.86. The molecule has 0 aromatic heterocycles. The fourth-order valence-corrected chi connectivity index (χ4v) is 4.64. The van der Waals surface area contributed by atoms with Gasteiger partial charge in [0.1, 0.15) is 0 Å². The van der Waals surface area contributed by atoms with E-state index in [1.807, 2.05) is 32.0 Å². The number of aryl methyl sites for hydroxylation is 1. The standard InChI is InChI=1S/C27H39F2NO4/c1-20(2)23(14-10-13-21-11-6-5-7-12-21)24(31)17-16-22-19-27(28,29)26(34)30(22)18-9-4-3-8-15-25(32)33/h5-7,11-12,16-17,20,22-24,31H,3-4,8-10,13-15,18-19H2,1-2H3,(H,32,33)/b17-16+/t22-,23+,24+/m0/s1. The van der Waals surface area contributed by atoms with Gasteiger partial charge in [-0.15, -0.1) is 0 Å². The first kappa shape index (κ1) is 28.0. The van der Waals surface area contributed by atoms with Gasteiger partial charge in [0.05, 0.1) is 12.1 Å². The molecule has 0 saturated carbocycles. The number of carboxylic acids is 1. The predicted octanol–water partition coefficient (Wildman–Crippen LogP) is 5.47. The first-order valence-electron chi connectivity index (χ1n) is 12.4. The Kier molecular flexibility index (Phi) is 11.2. The van der Waals surface area contributed by atoms with Gasteiger partial charge in [-0.3, -0.25) is 9.59 Å². The Bertz CT molecular complexity index is 797. The second kappa shape index (κ2) is 13.6. The van der Waals surface area contributed by atoms with E-state index in [0.29, 0.717) is 25.7 Å². The molecule has 5 nitrogen and oxygen atoms in total. The Balaban J connectivity index is 1.91. The number of carbonyl (C=O) groups excluding carboxylic acids is 1. The van der Waals surface area contributed by atoms with Crippen LogP contribution in [0.4, 0.5) is 8.78 Å². The van der Waals surface area contributed by atoms with Gasteiger partial charge in [0.15, 0.2) is 0 Å². The van der Waals surface area contributed by atoms with Gasteiger partial charge in [0.2, 0.25) is 0 Å². The lowest BCUT2D eigenvalue weighted by Gasteiger charge is -2.26. The van der Waals surface area contributed by atoms with Crippen LogP contribution < -0.4 is 0 Å². The highest BCUT2D eigenvalue weighted by atomic mass is 19.3. The number of aliphatic carboxylic acids is 1. The van der Waals surface area contributed by atoms with Crippen LogP contribution in [0.15, 0.2) is 42.5 Å². The molecule has 1 amide bonds. The molecule has 1 fully saturated rings. The molecule has 7 heteroatoms. The number of hydrogen-bond acceptors (Lipinski definition) is 3. The first-order valence-corrected chi connectivity index (χ1v) is 12.4. The molecule has 0 unspecified atom stereocenters. The number of amides is 1. The summed E-state index contributed by atoms with van der Waals surface area (Å²) in [7, 11) is 0. The van der Waals surface area contributed by atoms with Crippen LogP contribution in [0.1, 0.15) is 70.8 Å². The lowest BCUT2D eigenvalue weighted by atomic mass is 9.85. The van der Waals surface area contributed by atoms with E-state index in [-0.39, 0.29) is 24.8 Å². The number of likely N-dealkylation sites (tertiary alicyclic amines) is 1. The Morgan fingerprint density at radius 3 is 2.47 bits per heavy atom. The molecule has 190 valence electrons. The lowest BCUT2D eigenvalue weighted by molar-refractivity contribution is -0.148. The van der Waals surface area contributed by atoms with E-state index in [1.165, 1.54) is 10.5 Å². The van der Waals surface area contributed by atoms with Gasteiger partial charge in [0, 0.05) is 19.4 Å². The second-order valence-electron chi connectivity index (χ2n) is 9.69. The molecule has 1 aliphatic rings. The highest BCUT2D eigenvalue weighted by Crippen LogP contribution is 2.35. The van der Waals surface area contributed by atoms with Gasteiger partial charge in [-0.1, -0.05) is 69.2 Å². The van der Waals surface area contributed by atoms with E-state index in [2.05, 4.69) is 12.1 Å². The summed E-state index contributed by atoms with van der Waals surface area (Å²) in [6.45, 7) is 4.31. The molecule has 2 rings (SSSR count). The molecular formula is C27H39F2NO4. The largest absolute Gasteiger partial charge is 0.481 e. The van der Waals surface area contributed by atoms with Crippen molar-refractivity contribution in [2.24, 2.45) is 11.8 Å². The van der Waals surface area contributed by atoms with Gasteiger partial charge in [-0.2, -0.15) is 8.78 Å². The number of rotatable bonds is 15. The zero-order chi connectivity index (χ0) is 25.1. The number of nitrogens with zero attached hydrogens (tertiary/aromatic N) is 1. The van der Waals surface area contributed by atoms with Gasteiger partial charge >= 0.3 is 11.9 Å². The van der Waals surface area contributed by atoms with Crippen molar-refractivity contribution in [3.8, 4) is 0 Å². The Labute approximate surface area is 201 Å². The number of halogens is 2. The maximum atomic E-state index is 14.1. The molecule has 34 heavy (non-hydrogen) atoms. The third kappa shape index (κ3) is 8.82.